The molecule has 1 aromatic heterocycles. The maximum atomic E-state index is 13.1. The molecule has 4 heteroatoms. The van der Waals surface area contributed by atoms with E-state index < -0.39 is 11.6 Å². The molecule has 0 saturated carbocycles. The Balaban J connectivity index is 2.75. The monoisotopic (exact) mass is 185 g/mol. The van der Waals surface area contributed by atoms with Gasteiger partial charge in [-0.2, -0.15) is 0 Å². The van der Waals surface area contributed by atoms with E-state index in [1.54, 1.807) is 6.20 Å². The molecule has 0 aliphatic carbocycles. The van der Waals surface area contributed by atoms with E-state index in [9.17, 15) is 9.18 Å². The van der Waals surface area contributed by atoms with E-state index in [0.717, 1.165) is 0 Å². The number of aromatic carboxylic acids is 1. The van der Waals surface area contributed by atoms with Gasteiger partial charge in [0.15, 0.2) is 0 Å². The molecule has 0 aliphatic rings. The minimum Gasteiger partial charge on any atom is -0.478 e. The Morgan fingerprint density at radius 2 is 2.31 bits per heavy atom. The van der Waals surface area contributed by atoms with E-state index in [1.165, 1.54) is 30.7 Å². The van der Waals surface area contributed by atoms with Crippen molar-refractivity contribution in [2.24, 2.45) is 0 Å². The zero-order valence-electron chi connectivity index (χ0n) is 7.62. The highest BCUT2D eigenvalue weighted by atomic mass is 19.1. The van der Waals surface area contributed by atoms with Gasteiger partial charge in [-0.3, -0.25) is 0 Å². The molecule has 1 aromatic rings. The quantitative estimate of drug-likeness (QED) is 0.781. The molecule has 72 valence electrons. The summed E-state index contributed by atoms with van der Waals surface area (Å²) in [4.78, 5) is 10.5. The third-order valence-electron chi connectivity index (χ3n) is 1.56. The predicted molar refractivity (Wildman–Crippen MR) is 46.6 cm³/mol. The Bertz CT molecular complexity index is 312. The first-order chi connectivity index (χ1) is 5.88. The van der Waals surface area contributed by atoms with Gasteiger partial charge in [0.25, 0.3) is 0 Å². The second kappa shape index (κ2) is 3.20. The van der Waals surface area contributed by atoms with Crippen molar-refractivity contribution in [3.05, 3.63) is 24.0 Å². The van der Waals surface area contributed by atoms with E-state index in [4.69, 9.17) is 5.11 Å². The topological polar surface area (TPSA) is 42.2 Å². The van der Waals surface area contributed by atoms with Gasteiger partial charge in [-0.25, -0.2) is 9.18 Å². The third-order valence-corrected chi connectivity index (χ3v) is 1.56. The Labute approximate surface area is 75.8 Å². The molecule has 0 amide bonds. The van der Waals surface area contributed by atoms with E-state index in [0.29, 0.717) is 0 Å². The highest BCUT2D eigenvalue weighted by Gasteiger charge is 2.16. The van der Waals surface area contributed by atoms with Crippen LogP contribution in [-0.2, 0) is 6.54 Å². The van der Waals surface area contributed by atoms with Crippen molar-refractivity contribution in [1.29, 1.82) is 0 Å². The Hall–Kier alpha value is -1.32. The number of alkyl halides is 1. The van der Waals surface area contributed by atoms with Gasteiger partial charge in [-0.05, 0) is 19.9 Å². The predicted octanol–water partition coefficient (Wildman–Crippen LogP) is 1.93. The molecule has 0 aromatic carbocycles. The van der Waals surface area contributed by atoms with E-state index >= 15 is 0 Å². The molecule has 0 atom stereocenters. The van der Waals surface area contributed by atoms with Gasteiger partial charge < -0.3 is 9.67 Å². The van der Waals surface area contributed by atoms with Crippen LogP contribution in [0.2, 0.25) is 0 Å². The smallest absolute Gasteiger partial charge is 0.337 e. The Morgan fingerprint density at radius 3 is 2.69 bits per heavy atom. The van der Waals surface area contributed by atoms with E-state index in [-0.39, 0.29) is 12.1 Å². The number of halogens is 1. The summed E-state index contributed by atoms with van der Waals surface area (Å²) < 4.78 is 14.6. The fourth-order valence-corrected chi connectivity index (χ4v) is 1.10. The van der Waals surface area contributed by atoms with Crippen LogP contribution < -0.4 is 0 Å². The molecular formula is C9H12FNO2. The van der Waals surface area contributed by atoms with Crippen molar-refractivity contribution < 1.29 is 14.3 Å². The normalized spacial score (nSPS) is 11.6. The highest BCUT2D eigenvalue weighted by Crippen LogP contribution is 2.12. The fraction of sp³-hybridized carbons (Fsp3) is 0.444. The van der Waals surface area contributed by atoms with Gasteiger partial charge in [0, 0.05) is 12.4 Å². The lowest BCUT2D eigenvalue weighted by Gasteiger charge is -2.14. The maximum Gasteiger partial charge on any atom is 0.337 e. The van der Waals surface area contributed by atoms with Gasteiger partial charge in [-0.1, -0.05) is 0 Å². The maximum absolute atomic E-state index is 13.1. The summed E-state index contributed by atoms with van der Waals surface area (Å²) in [5.74, 6) is -0.990. The average Bonchev–Trinajstić information content (AvgIpc) is 2.31. The van der Waals surface area contributed by atoms with E-state index in [2.05, 4.69) is 0 Å². The fourth-order valence-electron chi connectivity index (χ4n) is 1.10. The molecule has 13 heavy (non-hydrogen) atoms. The van der Waals surface area contributed by atoms with Gasteiger partial charge in [0.05, 0.1) is 12.1 Å². The first kappa shape index (κ1) is 9.77. The van der Waals surface area contributed by atoms with Crippen LogP contribution in [0.1, 0.15) is 24.2 Å². The van der Waals surface area contributed by atoms with Crippen molar-refractivity contribution in [1.82, 2.24) is 4.57 Å². The number of aromatic nitrogens is 1. The summed E-state index contributed by atoms with van der Waals surface area (Å²) in [6.07, 6.45) is 2.98. The lowest BCUT2D eigenvalue weighted by molar-refractivity contribution is 0.0696. The first-order valence-corrected chi connectivity index (χ1v) is 3.96. The van der Waals surface area contributed by atoms with Crippen LogP contribution in [-0.4, -0.2) is 21.3 Å². The van der Waals surface area contributed by atoms with Gasteiger partial charge in [0.1, 0.15) is 5.67 Å². The third kappa shape index (κ3) is 2.89. The standard InChI is InChI=1S/C9H12FNO2/c1-9(2,10)6-11-4-3-7(5-11)8(12)13/h3-5H,6H2,1-2H3,(H,12,13). The van der Waals surface area contributed by atoms with E-state index in [1.807, 2.05) is 0 Å². The average molecular weight is 185 g/mol. The minimum atomic E-state index is -1.32. The van der Waals surface area contributed by atoms with Crippen LogP contribution in [0.15, 0.2) is 18.5 Å². The largest absolute Gasteiger partial charge is 0.478 e. The van der Waals surface area contributed by atoms with Gasteiger partial charge >= 0.3 is 5.97 Å². The van der Waals surface area contributed by atoms with Crippen LogP contribution in [0.5, 0.6) is 0 Å². The molecule has 0 saturated heterocycles. The van der Waals surface area contributed by atoms with Crippen LogP contribution in [0.4, 0.5) is 4.39 Å². The summed E-state index contributed by atoms with van der Waals surface area (Å²) in [6, 6.07) is 1.45. The zero-order chi connectivity index (χ0) is 10.1. The molecule has 0 radical (unpaired) electrons. The number of carbonyl (C=O) groups is 1. The summed E-state index contributed by atoms with van der Waals surface area (Å²) in [6.45, 7) is 3.07. The van der Waals surface area contributed by atoms with Crippen LogP contribution in [0.3, 0.4) is 0 Å². The number of nitrogens with zero attached hydrogens (tertiary/aromatic N) is 1. The molecule has 1 heterocycles. The van der Waals surface area contributed by atoms with Crippen LogP contribution >= 0.6 is 0 Å². The second-order valence-electron chi connectivity index (χ2n) is 3.60. The number of hydrogen-bond acceptors (Lipinski definition) is 1. The first-order valence-electron chi connectivity index (χ1n) is 3.96. The molecule has 0 spiro atoms. The number of carboxylic acids is 1. The Kier molecular flexibility index (Phi) is 2.40. The molecule has 0 fully saturated rings. The minimum absolute atomic E-state index is 0.167. The van der Waals surface area contributed by atoms with Crippen molar-refractivity contribution in [2.75, 3.05) is 0 Å². The number of hydrogen-bond donors (Lipinski definition) is 1. The summed E-state index contributed by atoms with van der Waals surface area (Å²) >= 11 is 0. The summed E-state index contributed by atoms with van der Waals surface area (Å²) in [5, 5.41) is 8.59. The van der Waals surface area contributed by atoms with Crippen molar-refractivity contribution in [3.8, 4) is 0 Å². The molecule has 0 unspecified atom stereocenters. The molecule has 0 bridgehead atoms. The molecular weight excluding hydrogens is 173 g/mol. The number of rotatable bonds is 3. The SMILES string of the molecule is CC(C)(F)Cn1ccc(C(=O)O)c1. The van der Waals surface area contributed by atoms with Gasteiger partial charge in [0.2, 0.25) is 0 Å². The van der Waals surface area contributed by atoms with Crippen molar-refractivity contribution >= 4 is 5.97 Å². The summed E-state index contributed by atoms with van der Waals surface area (Å²) in [5.41, 5.74) is -1.14. The highest BCUT2D eigenvalue weighted by molar-refractivity contribution is 5.87. The van der Waals surface area contributed by atoms with Gasteiger partial charge in [-0.15, -0.1) is 0 Å². The second-order valence-corrected chi connectivity index (χ2v) is 3.60. The Morgan fingerprint density at radius 1 is 1.69 bits per heavy atom. The van der Waals surface area contributed by atoms with Crippen molar-refractivity contribution in [2.45, 2.75) is 26.1 Å². The van der Waals surface area contributed by atoms with Crippen LogP contribution in [0.25, 0.3) is 0 Å². The molecule has 0 aliphatic heterocycles. The summed E-state index contributed by atoms with van der Waals surface area (Å²) in [7, 11) is 0. The van der Waals surface area contributed by atoms with Crippen LogP contribution in [0, 0.1) is 0 Å². The zero-order valence-corrected chi connectivity index (χ0v) is 7.62. The lowest BCUT2D eigenvalue weighted by atomic mass is 10.2. The lowest BCUT2D eigenvalue weighted by Crippen LogP contribution is -2.19. The molecule has 1 N–H and O–H groups in total. The molecule has 3 nitrogen and oxygen atoms in total. The number of carboxylic acid groups (broad SMARTS) is 1. The molecule has 1 rings (SSSR count). The van der Waals surface area contributed by atoms with Crippen molar-refractivity contribution in [3.63, 3.8) is 0 Å².